The Hall–Kier alpha value is -1.32. The molecular weight excluding hydrogens is 212 g/mol. The molecule has 0 saturated carbocycles. The zero-order chi connectivity index (χ0) is 10.8. The Morgan fingerprint density at radius 2 is 2.53 bits per heavy atom. The summed E-state index contributed by atoms with van der Waals surface area (Å²) in [6, 6.07) is 2.09. The van der Waals surface area contributed by atoms with Crippen molar-refractivity contribution in [3.63, 3.8) is 0 Å². The van der Waals surface area contributed by atoms with Crippen molar-refractivity contribution in [3.05, 3.63) is 5.56 Å². The molecule has 0 amide bonds. The minimum atomic E-state index is 0.250. The van der Waals surface area contributed by atoms with E-state index in [2.05, 4.69) is 15.3 Å². The molecule has 6 heteroatoms. The molecule has 1 aromatic rings. The van der Waals surface area contributed by atoms with Crippen LogP contribution in [0.3, 0.4) is 0 Å². The number of hydrogen-bond acceptors (Lipinski definition) is 6. The molecule has 0 spiro atoms. The molecule has 5 nitrogen and oxygen atoms in total. The lowest BCUT2D eigenvalue weighted by Crippen LogP contribution is -2.21. The Balaban J connectivity index is 2.21. The van der Waals surface area contributed by atoms with Crippen LogP contribution in [0.2, 0.25) is 0 Å². The molecule has 1 aliphatic heterocycles. The smallest absolute Gasteiger partial charge is 0.157 e. The highest BCUT2D eigenvalue weighted by molar-refractivity contribution is 7.10. The first-order chi connectivity index (χ1) is 7.26. The van der Waals surface area contributed by atoms with Gasteiger partial charge in [0.05, 0.1) is 6.10 Å². The van der Waals surface area contributed by atoms with Crippen molar-refractivity contribution < 1.29 is 4.74 Å². The Kier molecular flexibility index (Phi) is 2.75. The van der Waals surface area contributed by atoms with Crippen LogP contribution in [0.1, 0.15) is 12.0 Å². The third kappa shape index (κ3) is 1.76. The zero-order valence-corrected chi connectivity index (χ0v) is 9.25. The second-order valence-corrected chi connectivity index (χ2v) is 4.20. The van der Waals surface area contributed by atoms with Gasteiger partial charge < -0.3 is 15.4 Å². The highest BCUT2D eigenvalue weighted by atomic mass is 32.1. The van der Waals surface area contributed by atoms with E-state index in [-0.39, 0.29) is 6.10 Å². The SMILES string of the molecule is COC1CCN(c2snc(N)c2C#N)C1. The van der Waals surface area contributed by atoms with Gasteiger partial charge in [0.15, 0.2) is 5.82 Å². The van der Waals surface area contributed by atoms with Crippen LogP contribution in [-0.4, -0.2) is 30.7 Å². The summed E-state index contributed by atoms with van der Waals surface area (Å²) >= 11 is 1.28. The third-order valence-corrected chi connectivity index (χ3v) is 3.50. The molecule has 1 aliphatic rings. The van der Waals surface area contributed by atoms with Gasteiger partial charge in [-0.05, 0) is 18.0 Å². The number of nitrogen functional groups attached to an aromatic ring is 1. The van der Waals surface area contributed by atoms with Crippen molar-refractivity contribution in [2.24, 2.45) is 0 Å². The molecule has 2 N–H and O–H groups in total. The topological polar surface area (TPSA) is 75.2 Å². The maximum atomic E-state index is 8.95. The first-order valence-corrected chi connectivity index (χ1v) is 5.46. The minimum absolute atomic E-state index is 0.250. The third-order valence-electron chi connectivity index (χ3n) is 2.58. The minimum Gasteiger partial charge on any atom is -0.382 e. The summed E-state index contributed by atoms with van der Waals surface area (Å²) in [5, 5.41) is 9.82. The van der Waals surface area contributed by atoms with Crippen molar-refractivity contribution >= 4 is 22.4 Å². The fourth-order valence-electron chi connectivity index (χ4n) is 1.72. The van der Waals surface area contributed by atoms with Gasteiger partial charge in [0.2, 0.25) is 0 Å². The van der Waals surface area contributed by atoms with Gasteiger partial charge in [-0.25, -0.2) is 0 Å². The highest BCUT2D eigenvalue weighted by Crippen LogP contribution is 2.32. The summed E-state index contributed by atoms with van der Waals surface area (Å²) in [6.45, 7) is 1.71. The number of rotatable bonds is 2. The molecule has 0 bridgehead atoms. The van der Waals surface area contributed by atoms with Crippen LogP contribution in [0.4, 0.5) is 10.8 Å². The summed E-state index contributed by atoms with van der Waals surface area (Å²) in [5.74, 6) is 0.332. The van der Waals surface area contributed by atoms with Gasteiger partial charge in [0, 0.05) is 20.2 Å². The van der Waals surface area contributed by atoms with E-state index in [4.69, 9.17) is 15.7 Å². The zero-order valence-electron chi connectivity index (χ0n) is 8.43. The summed E-state index contributed by atoms with van der Waals surface area (Å²) in [6.07, 6.45) is 1.24. The number of nitrogens with two attached hydrogens (primary N) is 1. The van der Waals surface area contributed by atoms with Gasteiger partial charge in [-0.2, -0.15) is 9.64 Å². The predicted octanol–water partition coefficient (Wildman–Crippen LogP) is 0.822. The molecule has 0 aliphatic carbocycles. The fraction of sp³-hybridized carbons (Fsp3) is 0.556. The quantitative estimate of drug-likeness (QED) is 0.805. The lowest BCUT2D eigenvalue weighted by Gasteiger charge is -2.15. The number of ether oxygens (including phenoxy) is 1. The Bertz CT molecular complexity index is 397. The summed E-state index contributed by atoms with van der Waals surface area (Å²) in [7, 11) is 1.71. The molecule has 1 saturated heterocycles. The number of methoxy groups -OCH3 is 1. The molecule has 1 unspecified atom stereocenters. The average molecular weight is 224 g/mol. The van der Waals surface area contributed by atoms with E-state index in [1.54, 1.807) is 7.11 Å². The van der Waals surface area contributed by atoms with Gasteiger partial charge in [0.1, 0.15) is 16.6 Å². The standard InChI is InChI=1S/C9H12N4OS/c1-14-6-2-3-13(5-6)9-7(4-10)8(11)12-15-9/h6H,2-3,5H2,1H3,(H2,11,12). The normalized spacial score (nSPS) is 20.5. The van der Waals surface area contributed by atoms with Crippen molar-refractivity contribution in [3.8, 4) is 6.07 Å². The van der Waals surface area contributed by atoms with E-state index in [9.17, 15) is 0 Å². The van der Waals surface area contributed by atoms with Crippen molar-refractivity contribution in [2.45, 2.75) is 12.5 Å². The maximum absolute atomic E-state index is 8.95. The van der Waals surface area contributed by atoms with Crippen LogP contribution in [0.15, 0.2) is 0 Å². The van der Waals surface area contributed by atoms with Gasteiger partial charge in [-0.1, -0.05) is 0 Å². The van der Waals surface area contributed by atoms with Gasteiger partial charge >= 0.3 is 0 Å². The number of aromatic nitrogens is 1. The largest absolute Gasteiger partial charge is 0.382 e. The van der Waals surface area contributed by atoms with E-state index in [1.807, 2.05) is 0 Å². The molecule has 2 rings (SSSR count). The van der Waals surface area contributed by atoms with Crippen LogP contribution in [0.25, 0.3) is 0 Å². The summed E-state index contributed by atoms with van der Waals surface area (Å²) in [4.78, 5) is 2.11. The Labute approximate surface area is 92.2 Å². The fourth-order valence-corrected chi connectivity index (χ4v) is 2.52. The predicted molar refractivity (Wildman–Crippen MR) is 58.9 cm³/mol. The molecule has 0 radical (unpaired) electrons. The van der Waals surface area contributed by atoms with Crippen LogP contribution in [0, 0.1) is 11.3 Å². The van der Waals surface area contributed by atoms with Crippen molar-refractivity contribution in [2.75, 3.05) is 30.8 Å². The molecule has 1 fully saturated rings. The van der Waals surface area contributed by atoms with Gasteiger partial charge in [-0.3, -0.25) is 0 Å². The summed E-state index contributed by atoms with van der Waals surface area (Å²) < 4.78 is 9.27. The molecular formula is C9H12N4OS. The average Bonchev–Trinajstić information content (AvgIpc) is 2.83. The number of anilines is 2. The Morgan fingerprint density at radius 1 is 1.73 bits per heavy atom. The van der Waals surface area contributed by atoms with E-state index in [0.717, 1.165) is 24.5 Å². The second kappa shape index (κ2) is 4.04. The van der Waals surface area contributed by atoms with E-state index in [1.165, 1.54) is 11.5 Å². The molecule has 0 aromatic carbocycles. The van der Waals surface area contributed by atoms with E-state index < -0.39 is 0 Å². The number of nitriles is 1. The molecule has 1 aromatic heterocycles. The molecule has 15 heavy (non-hydrogen) atoms. The Morgan fingerprint density at radius 3 is 3.13 bits per heavy atom. The first kappa shape index (κ1) is 10.2. The van der Waals surface area contributed by atoms with Crippen molar-refractivity contribution in [1.29, 1.82) is 5.26 Å². The van der Waals surface area contributed by atoms with Crippen LogP contribution in [-0.2, 0) is 4.74 Å². The van der Waals surface area contributed by atoms with E-state index >= 15 is 0 Å². The maximum Gasteiger partial charge on any atom is 0.157 e. The van der Waals surface area contributed by atoms with Gasteiger partial charge in [-0.15, -0.1) is 0 Å². The lowest BCUT2D eigenvalue weighted by atomic mass is 10.3. The van der Waals surface area contributed by atoms with Crippen molar-refractivity contribution in [1.82, 2.24) is 4.37 Å². The number of nitrogens with zero attached hydrogens (tertiary/aromatic N) is 3. The van der Waals surface area contributed by atoms with E-state index in [0.29, 0.717) is 11.4 Å². The molecule has 80 valence electrons. The summed E-state index contributed by atoms with van der Waals surface area (Å²) in [5.41, 5.74) is 6.10. The molecule has 1 atom stereocenters. The highest BCUT2D eigenvalue weighted by Gasteiger charge is 2.26. The van der Waals surface area contributed by atoms with Crippen LogP contribution >= 0.6 is 11.5 Å². The van der Waals surface area contributed by atoms with Gasteiger partial charge in [0.25, 0.3) is 0 Å². The second-order valence-electron chi connectivity index (χ2n) is 3.45. The van der Waals surface area contributed by atoms with Crippen LogP contribution in [0.5, 0.6) is 0 Å². The molecule has 2 heterocycles. The first-order valence-electron chi connectivity index (χ1n) is 4.69. The monoisotopic (exact) mass is 224 g/mol. The number of hydrogen-bond donors (Lipinski definition) is 1. The lowest BCUT2D eigenvalue weighted by molar-refractivity contribution is 0.121. The van der Waals surface area contributed by atoms with Crippen LogP contribution < -0.4 is 10.6 Å².